The Kier molecular flexibility index (Phi) is 5.88. The summed E-state index contributed by atoms with van der Waals surface area (Å²) < 4.78 is 0. The smallest absolute Gasteiger partial charge is 0.223 e. The number of carbonyl (C=O) groups is 1. The van der Waals surface area contributed by atoms with Crippen LogP contribution in [0.2, 0.25) is 0 Å². The molecule has 2 heterocycles. The van der Waals surface area contributed by atoms with Gasteiger partial charge in [-0.25, -0.2) is 0 Å². The van der Waals surface area contributed by atoms with Crippen LogP contribution in [0.1, 0.15) is 43.2 Å². The van der Waals surface area contributed by atoms with Crippen LogP contribution in [-0.4, -0.2) is 40.9 Å². The minimum absolute atomic E-state index is 0.375. The fourth-order valence-electron chi connectivity index (χ4n) is 4.79. The monoisotopic (exact) mass is 362 g/mol. The van der Waals surface area contributed by atoms with Crippen molar-refractivity contribution in [2.45, 2.75) is 57.2 Å². The van der Waals surface area contributed by atoms with Crippen molar-refractivity contribution >= 4 is 5.91 Å². The van der Waals surface area contributed by atoms with E-state index in [1.807, 2.05) is 6.07 Å². The SMILES string of the molecule is O=C(CCCc1ccccc1)N1[C@@H]2CCC[C@H]1CN(Cc1ccccc1)C2. The molecule has 2 aromatic carbocycles. The van der Waals surface area contributed by atoms with E-state index >= 15 is 0 Å². The van der Waals surface area contributed by atoms with Crippen molar-refractivity contribution in [3.63, 3.8) is 0 Å². The van der Waals surface area contributed by atoms with E-state index in [0.717, 1.165) is 45.3 Å². The molecule has 0 saturated carbocycles. The molecular weight excluding hydrogens is 332 g/mol. The summed E-state index contributed by atoms with van der Waals surface area (Å²) in [6.45, 7) is 3.05. The Bertz CT molecular complexity index is 717. The Balaban J connectivity index is 1.32. The van der Waals surface area contributed by atoms with E-state index in [2.05, 4.69) is 64.4 Å². The average molecular weight is 363 g/mol. The van der Waals surface area contributed by atoms with E-state index in [1.165, 1.54) is 17.5 Å². The molecule has 2 fully saturated rings. The minimum atomic E-state index is 0.375. The van der Waals surface area contributed by atoms with Gasteiger partial charge in [-0.3, -0.25) is 9.69 Å². The topological polar surface area (TPSA) is 23.6 Å². The van der Waals surface area contributed by atoms with Gasteiger partial charge in [-0.05, 0) is 43.2 Å². The van der Waals surface area contributed by atoms with Crippen LogP contribution in [0.15, 0.2) is 60.7 Å². The molecule has 0 unspecified atom stereocenters. The van der Waals surface area contributed by atoms with Crippen LogP contribution < -0.4 is 0 Å². The molecule has 142 valence electrons. The molecule has 0 aliphatic carbocycles. The highest BCUT2D eigenvalue weighted by Crippen LogP contribution is 2.30. The van der Waals surface area contributed by atoms with Crippen LogP contribution in [0, 0.1) is 0 Å². The zero-order valence-corrected chi connectivity index (χ0v) is 16.1. The first kappa shape index (κ1) is 18.2. The number of amides is 1. The summed E-state index contributed by atoms with van der Waals surface area (Å²) in [6.07, 6.45) is 6.21. The Labute approximate surface area is 163 Å². The molecule has 2 bridgehead atoms. The standard InChI is InChI=1S/C24H30N2O/c27-24(16-7-13-20-9-3-1-4-10-20)26-22-14-8-15-23(26)19-25(18-22)17-21-11-5-2-6-12-21/h1-6,9-12,22-23H,7-8,13-19H2/t22-,23+. The molecule has 4 rings (SSSR count). The number of rotatable bonds is 6. The number of likely N-dealkylation sites (tertiary alicyclic amines) is 1. The van der Waals surface area contributed by atoms with Crippen molar-refractivity contribution in [2.24, 2.45) is 0 Å². The minimum Gasteiger partial charge on any atom is -0.334 e. The molecule has 2 aliphatic rings. The van der Waals surface area contributed by atoms with Crippen molar-refractivity contribution in [2.75, 3.05) is 13.1 Å². The summed E-state index contributed by atoms with van der Waals surface area (Å²) >= 11 is 0. The molecule has 0 radical (unpaired) electrons. The highest BCUT2D eigenvalue weighted by molar-refractivity contribution is 5.77. The summed E-state index contributed by atoms with van der Waals surface area (Å²) in [5.74, 6) is 0.375. The van der Waals surface area contributed by atoms with Gasteiger partial charge in [0.1, 0.15) is 0 Å². The van der Waals surface area contributed by atoms with Gasteiger partial charge in [-0.1, -0.05) is 60.7 Å². The van der Waals surface area contributed by atoms with Crippen LogP contribution in [0.5, 0.6) is 0 Å². The zero-order valence-electron chi connectivity index (χ0n) is 16.1. The average Bonchev–Trinajstić information content (AvgIpc) is 2.69. The maximum Gasteiger partial charge on any atom is 0.223 e. The molecule has 0 N–H and O–H groups in total. The lowest BCUT2D eigenvalue weighted by Crippen LogP contribution is -2.62. The molecule has 3 nitrogen and oxygen atoms in total. The molecule has 3 heteroatoms. The third-order valence-corrected chi connectivity index (χ3v) is 6.04. The van der Waals surface area contributed by atoms with Gasteiger partial charge in [0.2, 0.25) is 5.91 Å². The fourth-order valence-corrected chi connectivity index (χ4v) is 4.79. The lowest BCUT2D eigenvalue weighted by Gasteiger charge is -2.50. The highest BCUT2D eigenvalue weighted by Gasteiger charge is 2.39. The van der Waals surface area contributed by atoms with Gasteiger partial charge < -0.3 is 4.90 Å². The summed E-state index contributed by atoms with van der Waals surface area (Å²) in [4.78, 5) is 17.8. The number of aryl methyl sites for hydroxylation is 1. The normalized spacial score (nSPS) is 22.6. The predicted molar refractivity (Wildman–Crippen MR) is 109 cm³/mol. The summed E-state index contributed by atoms with van der Waals surface area (Å²) in [6, 6.07) is 22.0. The molecule has 0 spiro atoms. The van der Waals surface area contributed by atoms with Crippen molar-refractivity contribution < 1.29 is 4.79 Å². The number of fused-ring (bicyclic) bond motifs is 2. The van der Waals surface area contributed by atoms with E-state index in [9.17, 15) is 4.79 Å². The molecule has 1 amide bonds. The van der Waals surface area contributed by atoms with E-state index < -0.39 is 0 Å². The highest BCUT2D eigenvalue weighted by atomic mass is 16.2. The Morgan fingerprint density at radius 2 is 1.44 bits per heavy atom. The van der Waals surface area contributed by atoms with E-state index in [0.29, 0.717) is 24.4 Å². The Morgan fingerprint density at radius 1 is 0.852 bits per heavy atom. The van der Waals surface area contributed by atoms with Crippen molar-refractivity contribution in [3.05, 3.63) is 71.8 Å². The number of hydrogen-bond acceptors (Lipinski definition) is 2. The second-order valence-corrected chi connectivity index (χ2v) is 8.06. The van der Waals surface area contributed by atoms with E-state index in [4.69, 9.17) is 0 Å². The largest absolute Gasteiger partial charge is 0.334 e. The van der Waals surface area contributed by atoms with Crippen LogP contribution in [-0.2, 0) is 17.8 Å². The molecule has 2 aliphatic heterocycles. The predicted octanol–water partition coefficient (Wildman–Crippen LogP) is 4.27. The number of piperidine rings is 1. The van der Waals surface area contributed by atoms with Crippen molar-refractivity contribution in [1.29, 1.82) is 0 Å². The number of hydrogen-bond donors (Lipinski definition) is 0. The first-order chi connectivity index (χ1) is 13.3. The second-order valence-electron chi connectivity index (χ2n) is 8.06. The third-order valence-electron chi connectivity index (χ3n) is 6.04. The maximum atomic E-state index is 13.0. The van der Waals surface area contributed by atoms with Crippen LogP contribution >= 0.6 is 0 Å². The molecule has 2 aromatic rings. The molecule has 0 aromatic heterocycles. The number of nitrogens with zero attached hydrogens (tertiary/aromatic N) is 2. The van der Waals surface area contributed by atoms with Gasteiger partial charge in [0.05, 0.1) is 0 Å². The first-order valence-corrected chi connectivity index (χ1v) is 10.4. The Morgan fingerprint density at radius 3 is 2.07 bits per heavy atom. The van der Waals surface area contributed by atoms with Gasteiger partial charge in [0.25, 0.3) is 0 Å². The third kappa shape index (κ3) is 4.59. The Hall–Kier alpha value is -2.13. The quantitative estimate of drug-likeness (QED) is 0.766. The van der Waals surface area contributed by atoms with Gasteiger partial charge in [-0.15, -0.1) is 0 Å². The van der Waals surface area contributed by atoms with Crippen molar-refractivity contribution in [1.82, 2.24) is 9.80 Å². The van der Waals surface area contributed by atoms with Gasteiger partial charge >= 0.3 is 0 Å². The van der Waals surface area contributed by atoms with Gasteiger partial charge in [0, 0.05) is 38.1 Å². The number of piperazine rings is 1. The first-order valence-electron chi connectivity index (χ1n) is 10.4. The number of carbonyl (C=O) groups excluding carboxylic acids is 1. The van der Waals surface area contributed by atoms with Crippen LogP contribution in [0.25, 0.3) is 0 Å². The summed E-state index contributed by atoms with van der Waals surface area (Å²) in [5, 5.41) is 0. The van der Waals surface area contributed by atoms with Gasteiger partial charge in [-0.2, -0.15) is 0 Å². The van der Waals surface area contributed by atoms with Crippen LogP contribution in [0.3, 0.4) is 0 Å². The maximum absolute atomic E-state index is 13.0. The van der Waals surface area contributed by atoms with Crippen molar-refractivity contribution in [3.8, 4) is 0 Å². The lowest BCUT2D eigenvalue weighted by atomic mass is 9.90. The molecule has 2 saturated heterocycles. The molecular formula is C24H30N2O. The molecule has 27 heavy (non-hydrogen) atoms. The molecule has 2 atom stereocenters. The van der Waals surface area contributed by atoms with E-state index in [1.54, 1.807) is 0 Å². The number of benzene rings is 2. The lowest BCUT2D eigenvalue weighted by molar-refractivity contribution is -0.143. The second kappa shape index (κ2) is 8.71. The van der Waals surface area contributed by atoms with E-state index in [-0.39, 0.29) is 0 Å². The zero-order chi connectivity index (χ0) is 18.5. The summed E-state index contributed by atoms with van der Waals surface area (Å²) in [7, 11) is 0. The van der Waals surface area contributed by atoms with Gasteiger partial charge in [0.15, 0.2) is 0 Å². The fraction of sp³-hybridized carbons (Fsp3) is 0.458. The van der Waals surface area contributed by atoms with Crippen LogP contribution in [0.4, 0.5) is 0 Å². The summed E-state index contributed by atoms with van der Waals surface area (Å²) in [5.41, 5.74) is 2.70.